The average Bonchev–Trinajstić information content (AvgIpc) is 3.58. The van der Waals surface area contributed by atoms with Crippen LogP contribution in [0.1, 0.15) is 68.3 Å². The minimum Gasteiger partial charge on any atom is -0.343 e. The molecule has 2 aromatic carbocycles. The Morgan fingerprint density at radius 3 is 2.14 bits per heavy atom. The number of hydrogen-bond acceptors (Lipinski definition) is 7. The number of fused-ring (bicyclic) bond motifs is 1. The molecule has 0 saturated heterocycles. The minimum absolute atomic E-state index is 0.0534. The summed E-state index contributed by atoms with van der Waals surface area (Å²) in [6, 6.07) is 15.6. The summed E-state index contributed by atoms with van der Waals surface area (Å²) in [6.07, 6.45) is 5.76. The summed E-state index contributed by atoms with van der Waals surface area (Å²) in [5.41, 5.74) is 15.9. The first-order valence-corrected chi connectivity index (χ1v) is 17.4. The van der Waals surface area contributed by atoms with Crippen LogP contribution in [0.25, 0.3) is 0 Å². The van der Waals surface area contributed by atoms with Crippen LogP contribution < -0.4 is 27.4 Å². The normalized spacial score (nSPS) is 15.1. The maximum absolute atomic E-state index is 13.9. The summed E-state index contributed by atoms with van der Waals surface area (Å²) in [4.78, 5) is 56.6. The second kappa shape index (κ2) is 18.8. The number of nitrogens with zero attached hydrogens (tertiary/aromatic N) is 2. The molecule has 4 atom stereocenters. The van der Waals surface area contributed by atoms with Gasteiger partial charge < -0.3 is 32.3 Å². The predicted molar refractivity (Wildman–Crippen MR) is 189 cm³/mol. The molecule has 0 bridgehead atoms. The van der Waals surface area contributed by atoms with Crippen LogP contribution >= 0.6 is 0 Å². The van der Waals surface area contributed by atoms with E-state index in [2.05, 4.69) is 26.1 Å². The van der Waals surface area contributed by atoms with Crippen molar-refractivity contribution in [1.82, 2.24) is 31.0 Å². The van der Waals surface area contributed by atoms with E-state index in [-0.39, 0.29) is 18.2 Å². The lowest BCUT2D eigenvalue weighted by molar-refractivity contribution is -0.138. The number of hydrogen-bond donors (Lipinski definition) is 6. The number of benzene rings is 2. The molecule has 2 heterocycles. The number of nitrogens with one attached hydrogen (secondary N) is 4. The number of nitrogens with two attached hydrogens (primary N) is 2. The first-order chi connectivity index (χ1) is 23.6. The van der Waals surface area contributed by atoms with Gasteiger partial charge in [0, 0.05) is 37.2 Å². The SMILES string of the molecule is CC(C)C[C@@H](NC(=O)[C@@H](Cc1ccccc1)NC(=O)[C@H](N)CCc1ccccc1)C(=O)N[C@H](CCCCN)C(=O)N1CCc2[nH]ncc2C1. The summed E-state index contributed by atoms with van der Waals surface area (Å²) in [6.45, 7) is 5.32. The Morgan fingerprint density at radius 1 is 0.837 bits per heavy atom. The highest BCUT2D eigenvalue weighted by atomic mass is 16.2. The zero-order valence-electron chi connectivity index (χ0n) is 28.7. The van der Waals surface area contributed by atoms with Gasteiger partial charge in [-0.2, -0.15) is 5.10 Å². The fraction of sp³-hybridized carbons (Fsp3) is 0.486. The van der Waals surface area contributed by atoms with Gasteiger partial charge in [0.05, 0.1) is 12.2 Å². The molecule has 264 valence electrons. The van der Waals surface area contributed by atoms with Crippen LogP contribution in [-0.4, -0.2) is 76.0 Å². The standard InChI is InChI=1S/C37H52N8O4/c1-25(2)21-32(35(47)41-31(15-9-10-19-38)37(49)45-20-18-30-28(24-45)23-40-44-30)43-36(48)33(22-27-13-7-4-8-14-27)42-34(46)29(39)17-16-26-11-5-3-6-12-26/h3-8,11-14,23,25,29,31-33H,9-10,15-22,24,38-39H2,1-2H3,(H,40,44)(H,41,47)(H,42,46)(H,43,48)/t29-,31-,32-,33-/m1/s1. The van der Waals surface area contributed by atoms with E-state index in [0.717, 1.165) is 22.4 Å². The van der Waals surface area contributed by atoms with Crippen LogP contribution in [0, 0.1) is 5.92 Å². The van der Waals surface area contributed by atoms with Crippen molar-refractivity contribution in [3.05, 3.63) is 89.2 Å². The fourth-order valence-electron chi connectivity index (χ4n) is 6.06. The molecule has 49 heavy (non-hydrogen) atoms. The van der Waals surface area contributed by atoms with E-state index in [1.54, 1.807) is 11.1 Å². The summed E-state index contributed by atoms with van der Waals surface area (Å²) in [5, 5.41) is 15.8. The number of rotatable bonds is 18. The van der Waals surface area contributed by atoms with E-state index in [1.165, 1.54) is 0 Å². The third-order valence-corrected chi connectivity index (χ3v) is 8.85. The number of H-pyrrole nitrogens is 1. The molecule has 0 spiro atoms. The maximum atomic E-state index is 13.9. The van der Waals surface area contributed by atoms with Crippen LogP contribution in [-0.2, 0) is 45.0 Å². The number of aromatic amines is 1. The van der Waals surface area contributed by atoms with Crippen molar-refractivity contribution in [2.24, 2.45) is 17.4 Å². The Hall–Kier alpha value is -4.55. The topological polar surface area (TPSA) is 188 Å². The van der Waals surface area contributed by atoms with E-state index in [1.807, 2.05) is 74.5 Å². The average molecular weight is 673 g/mol. The third-order valence-electron chi connectivity index (χ3n) is 8.85. The first kappa shape index (κ1) is 37.3. The van der Waals surface area contributed by atoms with Gasteiger partial charge in [0.25, 0.3) is 0 Å². The highest BCUT2D eigenvalue weighted by molar-refractivity contribution is 5.95. The molecule has 0 unspecified atom stereocenters. The van der Waals surface area contributed by atoms with E-state index < -0.39 is 41.9 Å². The number of aryl methyl sites for hydroxylation is 1. The van der Waals surface area contributed by atoms with E-state index >= 15 is 0 Å². The van der Waals surface area contributed by atoms with Gasteiger partial charge in [0.15, 0.2) is 0 Å². The van der Waals surface area contributed by atoms with Crippen molar-refractivity contribution < 1.29 is 19.2 Å². The zero-order valence-corrected chi connectivity index (χ0v) is 28.7. The van der Waals surface area contributed by atoms with Crippen molar-refractivity contribution in [2.45, 2.75) is 95.9 Å². The van der Waals surface area contributed by atoms with Crippen molar-refractivity contribution in [3.8, 4) is 0 Å². The fourth-order valence-corrected chi connectivity index (χ4v) is 6.06. The highest BCUT2D eigenvalue weighted by Crippen LogP contribution is 2.18. The Morgan fingerprint density at radius 2 is 1.47 bits per heavy atom. The predicted octanol–water partition coefficient (Wildman–Crippen LogP) is 2.13. The van der Waals surface area contributed by atoms with E-state index in [9.17, 15) is 19.2 Å². The van der Waals surface area contributed by atoms with Crippen LogP contribution in [0.5, 0.6) is 0 Å². The van der Waals surface area contributed by atoms with Gasteiger partial charge in [0.2, 0.25) is 23.6 Å². The van der Waals surface area contributed by atoms with Crippen molar-refractivity contribution in [1.29, 1.82) is 0 Å². The monoisotopic (exact) mass is 672 g/mol. The van der Waals surface area contributed by atoms with E-state index in [0.29, 0.717) is 64.6 Å². The Balaban J connectivity index is 1.46. The Kier molecular flexibility index (Phi) is 14.3. The minimum atomic E-state index is -0.973. The molecule has 1 aliphatic heterocycles. The number of aromatic nitrogens is 2. The molecule has 0 fully saturated rings. The lowest BCUT2D eigenvalue weighted by Gasteiger charge is -2.32. The molecule has 3 aromatic rings. The van der Waals surface area contributed by atoms with Crippen LogP contribution in [0.2, 0.25) is 0 Å². The molecule has 1 aromatic heterocycles. The molecule has 0 radical (unpaired) electrons. The molecule has 0 saturated carbocycles. The highest BCUT2D eigenvalue weighted by Gasteiger charge is 2.33. The van der Waals surface area contributed by atoms with Gasteiger partial charge in [-0.25, -0.2) is 0 Å². The molecule has 4 amide bonds. The van der Waals surface area contributed by atoms with Gasteiger partial charge in [-0.15, -0.1) is 0 Å². The largest absolute Gasteiger partial charge is 0.343 e. The number of carbonyl (C=O) groups is 4. The Labute approximate surface area is 289 Å². The number of amides is 4. The lowest BCUT2D eigenvalue weighted by atomic mass is 9.99. The second-order valence-corrected chi connectivity index (χ2v) is 13.3. The molecule has 8 N–H and O–H groups in total. The van der Waals surface area contributed by atoms with Gasteiger partial charge in [-0.05, 0) is 62.1 Å². The van der Waals surface area contributed by atoms with Gasteiger partial charge >= 0.3 is 0 Å². The second-order valence-electron chi connectivity index (χ2n) is 13.3. The van der Waals surface area contributed by atoms with Crippen LogP contribution in [0.3, 0.4) is 0 Å². The van der Waals surface area contributed by atoms with Crippen molar-refractivity contribution in [2.75, 3.05) is 13.1 Å². The molecular weight excluding hydrogens is 620 g/mol. The Bertz CT molecular complexity index is 1500. The summed E-state index contributed by atoms with van der Waals surface area (Å²) >= 11 is 0. The van der Waals surface area contributed by atoms with Gasteiger partial charge in [-0.1, -0.05) is 74.5 Å². The number of unbranched alkanes of at least 4 members (excludes halogenated alkanes) is 1. The molecule has 12 nitrogen and oxygen atoms in total. The molecule has 1 aliphatic rings. The zero-order chi connectivity index (χ0) is 35.2. The summed E-state index contributed by atoms with van der Waals surface area (Å²) in [5.74, 6) is -1.51. The third kappa shape index (κ3) is 11.5. The first-order valence-electron chi connectivity index (χ1n) is 17.4. The quantitative estimate of drug-likeness (QED) is 0.112. The summed E-state index contributed by atoms with van der Waals surface area (Å²) < 4.78 is 0. The van der Waals surface area contributed by atoms with Crippen molar-refractivity contribution in [3.63, 3.8) is 0 Å². The van der Waals surface area contributed by atoms with Crippen LogP contribution in [0.15, 0.2) is 66.9 Å². The van der Waals surface area contributed by atoms with Gasteiger partial charge in [0.1, 0.15) is 18.1 Å². The summed E-state index contributed by atoms with van der Waals surface area (Å²) in [7, 11) is 0. The number of carbonyl (C=O) groups excluding carboxylic acids is 4. The molecular formula is C37H52N8O4. The molecule has 12 heteroatoms. The van der Waals surface area contributed by atoms with Crippen LogP contribution in [0.4, 0.5) is 0 Å². The molecule has 4 rings (SSSR count). The van der Waals surface area contributed by atoms with E-state index in [4.69, 9.17) is 11.5 Å². The smallest absolute Gasteiger partial charge is 0.245 e. The molecule has 0 aliphatic carbocycles. The lowest BCUT2D eigenvalue weighted by Crippen LogP contribution is -2.58. The van der Waals surface area contributed by atoms with Crippen molar-refractivity contribution >= 4 is 23.6 Å². The van der Waals surface area contributed by atoms with Gasteiger partial charge in [-0.3, -0.25) is 24.3 Å². The maximum Gasteiger partial charge on any atom is 0.245 e.